The Morgan fingerprint density at radius 1 is 1.09 bits per heavy atom. The molecule has 5 rings (SSSR count). The summed E-state index contributed by atoms with van der Waals surface area (Å²) in [5.74, 6) is 0.429. The number of hydrogen-bond acceptors (Lipinski definition) is 5. The van der Waals surface area contributed by atoms with Crippen LogP contribution in [0.1, 0.15) is 16.8 Å². The number of carbonyl (C=O) groups is 1. The van der Waals surface area contributed by atoms with E-state index in [-0.39, 0.29) is 11.9 Å². The van der Waals surface area contributed by atoms with Gasteiger partial charge in [0.25, 0.3) is 11.5 Å². The molecule has 8 nitrogen and oxygen atoms in total. The van der Waals surface area contributed by atoms with Crippen molar-refractivity contribution < 1.29 is 4.79 Å². The van der Waals surface area contributed by atoms with Gasteiger partial charge in [0.2, 0.25) is 0 Å². The van der Waals surface area contributed by atoms with Crippen LogP contribution in [0.5, 0.6) is 0 Å². The first-order chi connectivity index (χ1) is 16.0. The molecule has 9 heteroatoms. The number of anilines is 1. The number of carbonyl (C=O) groups excluding carboxylic acids is 1. The summed E-state index contributed by atoms with van der Waals surface area (Å²) in [6.07, 6.45) is 2.44. The molecular weight excluding hydrogens is 442 g/mol. The van der Waals surface area contributed by atoms with Gasteiger partial charge in [-0.15, -0.1) is 0 Å². The number of para-hydroxylation sites is 1. The van der Waals surface area contributed by atoms with Crippen molar-refractivity contribution in [3.63, 3.8) is 0 Å². The van der Waals surface area contributed by atoms with Crippen LogP contribution >= 0.6 is 11.6 Å². The Morgan fingerprint density at radius 2 is 1.91 bits per heavy atom. The SMILES string of the molecule is O=C(NC1CCN(c2ncccc2Cl)C1)c1ccc2c(=O)n(-c3ccccc3)c(=O)[nH]c2c1. The lowest BCUT2D eigenvalue weighted by Gasteiger charge is -2.19. The van der Waals surface area contributed by atoms with Crippen molar-refractivity contribution in [3.8, 4) is 5.69 Å². The summed E-state index contributed by atoms with van der Waals surface area (Å²) < 4.78 is 1.08. The maximum absolute atomic E-state index is 12.9. The van der Waals surface area contributed by atoms with Crippen molar-refractivity contribution in [2.45, 2.75) is 12.5 Å². The highest BCUT2D eigenvalue weighted by Crippen LogP contribution is 2.26. The molecule has 2 aromatic heterocycles. The van der Waals surface area contributed by atoms with Crippen LogP contribution in [0.2, 0.25) is 5.02 Å². The van der Waals surface area contributed by atoms with Crippen molar-refractivity contribution in [3.05, 3.63) is 98.3 Å². The second-order valence-electron chi connectivity index (χ2n) is 7.88. The molecular formula is C24H20ClN5O3. The molecule has 1 aliphatic rings. The molecule has 1 amide bonds. The van der Waals surface area contributed by atoms with Gasteiger partial charge in [0.15, 0.2) is 0 Å². The fourth-order valence-corrected chi connectivity index (χ4v) is 4.36. The average Bonchev–Trinajstić information content (AvgIpc) is 3.28. The maximum atomic E-state index is 12.9. The number of nitrogens with one attached hydrogen (secondary N) is 2. The van der Waals surface area contributed by atoms with E-state index in [2.05, 4.69) is 15.3 Å². The van der Waals surface area contributed by atoms with E-state index >= 15 is 0 Å². The van der Waals surface area contributed by atoms with Gasteiger partial charge in [-0.25, -0.2) is 14.3 Å². The lowest BCUT2D eigenvalue weighted by Crippen LogP contribution is -2.37. The minimum Gasteiger partial charge on any atom is -0.353 e. The van der Waals surface area contributed by atoms with Crippen LogP contribution in [0, 0.1) is 0 Å². The van der Waals surface area contributed by atoms with Crippen LogP contribution < -0.4 is 21.5 Å². The molecule has 0 aliphatic carbocycles. The zero-order valence-electron chi connectivity index (χ0n) is 17.5. The monoisotopic (exact) mass is 461 g/mol. The Labute approximate surface area is 193 Å². The van der Waals surface area contributed by atoms with Crippen LogP contribution in [-0.4, -0.2) is 39.6 Å². The number of halogens is 1. The quantitative estimate of drug-likeness (QED) is 0.486. The van der Waals surface area contributed by atoms with Gasteiger partial charge in [-0.05, 0) is 48.9 Å². The highest BCUT2D eigenvalue weighted by molar-refractivity contribution is 6.32. The number of nitrogens with zero attached hydrogens (tertiary/aromatic N) is 3. The first-order valence-electron chi connectivity index (χ1n) is 10.5. The predicted molar refractivity (Wildman–Crippen MR) is 127 cm³/mol. The Hall–Kier alpha value is -3.91. The number of amides is 1. The third-order valence-corrected chi connectivity index (χ3v) is 6.03. The second kappa shape index (κ2) is 8.55. The number of benzene rings is 2. The molecule has 33 heavy (non-hydrogen) atoms. The van der Waals surface area contributed by atoms with Gasteiger partial charge in [0.05, 0.1) is 21.6 Å². The first-order valence-corrected chi connectivity index (χ1v) is 10.9. The summed E-state index contributed by atoms with van der Waals surface area (Å²) in [5.41, 5.74) is 0.161. The fourth-order valence-electron chi connectivity index (χ4n) is 4.12. The molecule has 0 radical (unpaired) electrons. The number of fused-ring (bicyclic) bond motifs is 1. The van der Waals surface area contributed by atoms with Gasteiger partial charge in [-0.1, -0.05) is 29.8 Å². The van der Waals surface area contributed by atoms with Crippen molar-refractivity contribution in [2.24, 2.45) is 0 Å². The summed E-state index contributed by atoms with van der Waals surface area (Å²) in [5, 5.41) is 3.92. The minimum atomic E-state index is -0.560. The number of aromatic amines is 1. The molecule has 1 unspecified atom stereocenters. The minimum absolute atomic E-state index is 0.0728. The van der Waals surface area contributed by atoms with E-state index < -0.39 is 11.2 Å². The Morgan fingerprint density at radius 3 is 2.70 bits per heavy atom. The summed E-state index contributed by atoms with van der Waals surface area (Å²) in [7, 11) is 0. The van der Waals surface area contributed by atoms with Gasteiger partial charge in [-0.2, -0.15) is 0 Å². The number of rotatable bonds is 4. The van der Waals surface area contributed by atoms with Crippen LogP contribution in [0.25, 0.3) is 16.6 Å². The molecule has 166 valence electrons. The maximum Gasteiger partial charge on any atom is 0.333 e. The van der Waals surface area contributed by atoms with E-state index in [1.807, 2.05) is 11.0 Å². The van der Waals surface area contributed by atoms with Crippen LogP contribution in [0.3, 0.4) is 0 Å². The topological polar surface area (TPSA) is 100 Å². The van der Waals surface area contributed by atoms with E-state index in [9.17, 15) is 14.4 Å². The van der Waals surface area contributed by atoms with Gasteiger partial charge in [0.1, 0.15) is 5.82 Å². The van der Waals surface area contributed by atoms with Crippen molar-refractivity contribution in [1.29, 1.82) is 0 Å². The molecule has 0 bridgehead atoms. The zero-order valence-corrected chi connectivity index (χ0v) is 18.2. The van der Waals surface area contributed by atoms with Crippen LogP contribution in [0.15, 0.2) is 76.4 Å². The smallest absolute Gasteiger partial charge is 0.333 e. The number of hydrogen-bond donors (Lipinski definition) is 2. The number of H-pyrrole nitrogens is 1. The van der Waals surface area contributed by atoms with Gasteiger partial charge >= 0.3 is 5.69 Å². The largest absolute Gasteiger partial charge is 0.353 e. The molecule has 1 fully saturated rings. The molecule has 3 heterocycles. The van der Waals surface area contributed by atoms with Crippen molar-refractivity contribution in [2.75, 3.05) is 18.0 Å². The highest BCUT2D eigenvalue weighted by atomic mass is 35.5. The fraction of sp³-hybridized carbons (Fsp3) is 0.167. The molecule has 2 aromatic carbocycles. The summed E-state index contributed by atoms with van der Waals surface area (Å²) in [6.45, 7) is 1.32. The molecule has 0 saturated carbocycles. The molecule has 1 saturated heterocycles. The molecule has 0 spiro atoms. The third kappa shape index (κ3) is 4.01. The highest BCUT2D eigenvalue weighted by Gasteiger charge is 2.26. The van der Waals surface area contributed by atoms with Crippen molar-refractivity contribution >= 4 is 34.2 Å². The van der Waals surface area contributed by atoms with E-state index in [1.54, 1.807) is 54.7 Å². The Kier molecular flexibility index (Phi) is 5.43. The Bertz CT molecular complexity index is 1460. The second-order valence-corrected chi connectivity index (χ2v) is 8.29. The van der Waals surface area contributed by atoms with E-state index in [0.29, 0.717) is 39.5 Å². The van der Waals surface area contributed by atoms with E-state index in [0.717, 1.165) is 17.5 Å². The lowest BCUT2D eigenvalue weighted by molar-refractivity contribution is 0.0940. The molecule has 2 N–H and O–H groups in total. The molecule has 1 atom stereocenters. The van der Waals surface area contributed by atoms with Crippen LogP contribution in [0.4, 0.5) is 5.82 Å². The Balaban J connectivity index is 1.37. The predicted octanol–water partition coefficient (Wildman–Crippen LogP) is 2.74. The zero-order chi connectivity index (χ0) is 22.9. The summed E-state index contributed by atoms with van der Waals surface area (Å²) in [6, 6.07) is 16.9. The lowest BCUT2D eigenvalue weighted by atomic mass is 10.1. The molecule has 4 aromatic rings. The van der Waals surface area contributed by atoms with E-state index in [1.165, 1.54) is 6.07 Å². The van der Waals surface area contributed by atoms with Crippen LogP contribution in [-0.2, 0) is 0 Å². The summed E-state index contributed by atoms with van der Waals surface area (Å²) >= 11 is 6.24. The van der Waals surface area contributed by atoms with Crippen molar-refractivity contribution in [1.82, 2.24) is 19.9 Å². The average molecular weight is 462 g/mol. The standard InChI is InChI=1S/C24H20ClN5O3/c25-19-7-4-11-26-21(19)29-12-10-16(14-29)27-22(31)15-8-9-18-20(13-15)28-24(33)30(23(18)32)17-5-2-1-3-6-17/h1-9,11,13,16H,10,12,14H2,(H,27,31)(H,28,33). The normalized spacial score (nSPS) is 15.7. The van der Waals surface area contributed by atoms with Gasteiger partial charge < -0.3 is 15.2 Å². The first kappa shape index (κ1) is 21.0. The van der Waals surface area contributed by atoms with E-state index in [4.69, 9.17) is 11.6 Å². The number of aromatic nitrogens is 3. The van der Waals surface area contributed by atoms with Gasteiger partial charge in [0, 0.05) is 30.9 Å². The van der Waals surface area contributed by atoms with Gasteiger partial charge in [-0.3, -0.25) is 9.59 Å². The molecule has 1 aliphatic heterocycles. The summed E-state index contributed by atoms with van der Waals surface area (Å²) in [4.78, 5) is 47.5. The third-order valence-electron chi connectivity index (χ3n) is 5.74. The number of pyridine rings is 1.